The van der Waals surface area contributed by atoms with Gasteiger partial charge in [-0.3, -0.25) is 0 Å². The van der Waals surface area contributed by atoms with Crippen LogP contribution in [0.3, 0.4) is 0 Å². The second kappa shape index (κ2) is 2.86. The highest BCUT2D eigenvalue weighted by atomic mass is 14.8. The fraction of sp³-hybridized carbons (Fsp3) is 0.0909. The first kappa shape index (κ1) is 7.17. The summed E-state index contributed by atoms with van der Waals surface area (Å²) in [6.07, 6.45) is 8.11. The monoisotopic (exact) mass is 157 g/mol. The molecule has 0 radical (unpaired) electrons. The molecule has 1 aliphatic heterocycles. The molecule has 12 heavy (non-hydrogen) atoms. The summed E-state index contributed by atoms with van der Waals surface area (Å²) >= 11 is 0. The summed E-state index contributed by atoms with van der Waals surface area (Å²) in [6, 6.07) is 6.27. The Bertz CT molecular complexity index is 348. The molecule has 0 unspecified atom stereocenters. The standard InChI is InChI=1S/C11H11N/c1-9-10-5-2-3-8-12-11(9)7-4-6-10/h2-8,12H,1H3/b5-2-,8-3+. The number of fused-ring (bicyclic) bond motifs is 2. The lowest BCUT2D eigenvalue weighted by Crippen LogP contribution is -1.93. The molecule has 0 saturated carbocycles. The van der Waals surface area contributed by atoms with Crippen LogP contribution in [0, 0.1) is 6.92 Å². The molecule has 0 atom stereocenters. The molecule has 1 nitrogen and oxygen atoms in total. The molecule has 1 aromatic carbocycles. The minimum Gasteiger partial charge on any atom is -0.361 e. The maximum atomic E-state index is 3.22. The maximum Gasteiger partial charge on any atom is 0.0415 e. The first-order valence-corrected chi connectivity index (χ1v) is 4.07. The second-order valence-corrected chi connectivity index (χ2v) is 2.88. The first-order chi connectivity index (χ1) is 5.88. The van der Waals surface area contributed by atoms with Gasteiger partial charge in [0.05, 0.1) is 0 Å². The number of rotatable bonds is 0. The van der Waals surface area contributed by atoms with Crippen LogP contribution in [-0.4, -0.2) is 0 Å². The molecular weight excluding hydrogens is 146 g/mol. The van der Waals surface area contributed by atoms with Gasteiger partial charge in [0.25, 0.3) is 0 Å². The predicted molar refractivity (Wildman–Crippen MR) is 53.0 cm³/mol. The summed E-state index contributed by atoms with van der Waals surface area (Å²) in [4.78, 5) is 0. The maximum absolute atomic E-state index is 3.22. The van der Waals surface area contributed by atoms with Crippen LogP contribution in [0.2, 0.25) is 0 Å². The van der Waals surface area contributed by atoms with E-state index in [1.54, 1.807) is 0 Å². The Morgan fingerprint density at radius 3 is 3.00 bits per heavy atom. The van der Waals surface area contributed by atoms with E-state index >= 15 is 0 Å². The molecule has 60 valence electrons. The van der Waals surface area contributed by atoms with Crippen molar-refractivity contribution in [3.8, 4) is 0 Å². The van der Waals surface area contributed by atoms with Gasteiger partial charge in [0.1, 0.15) is 0 Å². The smallest absolute Gasteiger partial charge is 0.0415 e. The number of hydrogen-bond donors (Lipinski definition) is 1. The Morgan fingerprint density at radius 1 is 1.17 bits per heavy atom. The van der Waals surface area contributed by atoms with Gasteiger partial charge in [-0.2, -0.15) is 0 Å². The van der Waals surface area contributed by atoms with Crippen LogP contribution in [0.15, 0.2) is 36.6 Å². The first-order valence-electron chi connectivity index (χ1n) is 4.07. The Labute approximate surface area is 72.4 Å². The number of hydrogen-bond acceptors (Lipinski definition) is 1. The normalized spacial score (nSPS) is 18.8. The molecule has 1 aliphatic rings. The lowest BCUT2D eigenvalue weighted by atomic mass is 10.1. The molecule has 0 spiro atoms. The number of nitrogens with one attached hydrogen (secondary N) is 1. The lowest BCUT2D eigenvalue weighted by Gasteiger charge is -2.09. The van der Waals surface area contributed by atoms with Crippen molar-refractivity contribution in [3.63, 3.8) is 0 Å². The molecule has 2 rings (SSSR count). The van der Waals surface area contributed by atoms with E-state index < -0.39 is 0 Å². The molecule has 1 heteroatoms. The average Bonchev–Trinajstić information content (AvgIpc) is 2.10. The van der Waals surface area contributed by atoms with Crippen molar-refractivity contribution in [3.05, 3.63) is 47.7 Å². The highest BCUT2D eigenvalue weighted by molar-refractivity contribution is 5.66. The van der Waals surface area contributed by atoms with Gasteiger partial charge in [-0.25, -0.2) is 0 Å². The lowest BCUT2D eigenvalue weighted by molar-refractivity contribution is 1.41. The number of anilines is 1. The van der Waals surface area contributed by atoms with E-state index in [4.69, 9.17) is 0 Å². The van der Waals surface area contributed by atoms with E-state index in [9.17, 15) is 0 Å². The van der Waals surface area contributed by atoms with Gasteiger partial charge in [0.15, 0.2) is 0 Å². The highest BCUT2D eigenvalue weighted by Gasteiger charge is 1.99. The van der Waals surface area contributed by atoms with E-state index in [0.717, 1.165) is 0 Å². The number of allylic oxidation sites excluding steroid dienone is 2. The SMILES string of the molecule is Cc1c2cccc1N/C=C/C=C\2. The average molecular weight is 157 g/mol. The third-order valence-electron chi connectivity index (χ3n) is 2.10. The van der Waals surface area contributed by atoms with E-state index in [0.29, 0.717) is 0 Å². The molecule has 0 fully saturated rings. The van der Waals surface area contributed by atoms with E-state index in [-0.39, 0.29) is 0 Å². The van der Waals surface area contributed by atoms with Crippen LogP contribution < -0.4 is 5.32 Å². The van der Waals surface area contributed by atoms with Crippen molar-refractivity contribution in [1.82, 2.24) is 0 Å². The quantitative estimate of drug-likeness (QED) is 0.610. The molecule has 0 amide bonds. The van der Waals surface area contributed by atoms with Crippen molar-refractivity contribution < 1.29 is 0 Å². The van der Waals surface area contributed by atoms with Crippen molar-refractivity contribution in [2.24, 2.45) is 0 Å². The topological polar surface area (TPSA) is 12.0 Å². The Morgan fingerprint density at radius 2 is 2.08 bits per heavy atom. The molecule has 0 aliphatic carbocycles. The van der Waals surface area contributed by atoms with Crippen molar-refractivity contribution in [2.45, 2.75) is 6.92 Å². The third-order valence-corrected chi connectivity index (χ3v) is 2.10. The van der Waals surface area contributed by atoms with Gasteiger partial charge < -0.3 is 5.32 Å². The summed E-state index contributed by atoms with van der Waals surface area (Å²) in [5.41, 5.74) is 3.77. The van der Waals surface area contributed by atoms with Crippen LogP contribution in [0.25, 0.3) is 6.08 Å². The summed E-state index contributed by atoms with van der Waals surface area (Å²) in [6.45, 7) is 2.13. The summed E-state index contributed by atoms with van der Waals surface area (Å²) in [7, 11) is 0. The minimum absolute atomic E-state index is 1.19. The van der Waals surface area contributed by atoms with Crippen LogP contribution in [0.5, 0.6) is 0 Å². The fourth-order valence-corrected chi connectivity index (χ4v) is 1.34. The zero-order valence-electron chi connectivity index (χ0n) is 7.04. The fourth-order valence-electron chi connectivity index (χ4n) is 1.34. The van der Waals surface area contributed by atoms with Crippen LogP contribution in [0.4, 0.5) is 5.69 Å². The Kier molecular flexibility index (Phi) is 1.71. The van der Waals surface area contributed by atoms with E-state index in [1.807, 2.05) is 18.4 Å². The predicted octanol–water partition coefficient (Wildman–Crippen LogP) is 2.95. The zero-order valence-corrected chi connectivity index (χ0v) is 7.04. The molecule has 0 saturated heterocycles. The van der Waals surface area contributed by atoms with Crippen molar-refractivity contribution in [2.75, 3.05) is 5.32 Å². The Hall–Kier alpha value is -1.50. The summed E-state index contributed by atoms with van der Waals surface area (Å²) in [5.74, 6) is 0. The van der Waals surface area contributed by atoms with Gasteiger partial charge in [-0.05, 0) is 30.2 Å². The second-order valence-electron chi connectivity index (χ2n) is 2.88. The van der Waals surface area contributed by atoms with Crippen LogP contribution in [0.1, 0.15) is 11.1 Å². The minimum atomic E-state index is 1.19. The van der Waals surface area contributed by atoms with E-state index in [1.165, 1.54) is 16.8 Å². The van der Waals surface area contributed by atoms with Gasteiger partial charge in [-0.1, -0.05) is 24.3 Å². The van der Waals surface area contributed by atoms with Crippen LogP contribution >= 0.6 is 0 Å². The molecule has 1 N–H and O–H groups in total. The zero-order chi connectivity index (χ0) is 8.39. The van der Waals surface area contributed by atoms with Crippen molar-refractivity contribution >= 4 is 11.8 Å². The highest BCUT2D eigenvalue weighted by Crippen LogP contribution is 2.21. The molecule has 2 bridgehead atoms. The van der Waals surface area contributed by atoms with Crippen molar-refractivity contribution in [1.29, 1.82) is 0 Å². The third kappa shape index (κ3) is 1.14. The number of benzene rings is 1. The molecular formula is C11H11N. The summed E-state index contributed by atoms with van der Waals surface area (Å²) < 4.78 is 0. The molecule has 1 heterocycles. The van der Waals surface area contributed by atoms with Gasteiger partial charge >= 0.3 is 0 Å². The Balaban J connectivity index is 2.61. The van der Waals surface area contributed by atoms with Gasteiger partial charge in [0.2, 0.25) is 0 Å². The molecule has 0 aromatic heterocycles. The van der Waals surface area contributed by atoms with Crippen LogP contribution in [-0.2, 0) is 0 Å². The largest absolute Gasteiger partial charge is 0.361 e. The van der Waals surface area contributed by atoms with E-state index in [2.05, 4.69) is 36.5 Å². The van der Waals surface area contributed by atoms with Gasteiger partial charge in [-0.15, -0.1) is 0 Å². The summed E-state index contributed by atoms with van der Waals surface area (Å²) in [5, 5.41) is 3.22. The van der Waals surface area contributed by atoms with Gasteiger partial charge in [0, 0.05) is 11.9 Å². The molecule has 1 aromatic rings.